The van der Waals surface area contributed by atoms with Gasteiger partial charge in [0.25, 0.3) is 0 Å². The number of amides is 1. The predicted octanol–water partition coefficient (Wildman–Crippen LogP) is 3.26. The molecule has 1 aromatic heterocycles. The molecule has 0 aliphatic heterocycles. The monoisotopic (exact) mass is 571 g/mol. The Kier molecular flexibility index (Phi) is 11.3. The van der Waals surface area contributed by atoms with Crippen molar-refractivity contribution < 1.29 is 32.5 Å². The Hall–Kier alpha value is -3.67. The maximum absolute atomic E-state index is 13.5. The molecule has 0 aliphatic carbocycles. The van der Waals surface area contributed by atoms with E-state index < -0.39 is 28.3 Å². The van der Waals surface area contributed by atoms with E-state index in [1.165, 1.54) is 48.1 Å². The molecular weight excluding hydrogens is 534 g/mol. The molecule has 216 valence electrons. The van der Waals surface area contributed by atoms with Crippen LogP contribution in [0.3, 0.4) is 0 Å². The van der Waals surface area contributed by atoms with E-state index in [4.69, 9.17) is 9.47 Å². The van der Waals surface area contributed by atoms with Gasteiger partial charge in [0.2, 0.25) is 10.0 Å². The third-order valence-electron chi connectivity index (χ3n) is 6.25. The van der Waals surface area contributed by atoms with Crippen LogP contribution in [-0.4, -0.2) is 56.3 Å². The van der Waals surface area contributed by atoms with Crippen molar-refractivity contribution in [2.45, 2.75) is 50.3 Å². The molecule has 3 aromatic rings. The second-order valence-electron chi connectivity index (χ2n) is 9.88. The topological polar surface area (TPSA) is 132 Å². The van der Waals surface area contributed by atoms with E-state index in [1.54, 1.807) is 12.1 Å². The summed E-state index contributed by atoms with van der Waals surface area (Å²) in [7, 11) is -2.45. The number of nitrogens with one attached hydrogen (secondary N) is 1. The average molecular weight is 572 g/mol. The maximum atomic E-state index is 13.5. The van der Waals surface area contributed by atoms with Gasteiger partial charge in [-0.05, 0) is 48.6 Å². The van der Waals surface area contributed by atoms with Gasteiger partial charge in [0.1, 0.15) is 12.4 Å². The molecular formula is C29H37N3O7S. The molecule has 10 nitrogen and oxygen atoms in total. The molecule has 2 N–H and O–H groups in total. The van der Waals surface area contributed by atoms with Crippen molar-refractivity contribution in [2.75, 3.05) is 20.2 Å². The summed E-state index contributed by atoms with van der Waals surface area (Å²) in [5.74, 6) is 0.514. The summed E-state index contributed by atoms with van der Waals surface area (Å²) in [6, 6.07) is 17.9. The smallest absolute Gasteiger partial charge is 0.407 e. The molecule has 2 atom stereocenters. The van der Waals surface area contributed by atoms with Gasteiger partial charge in [-0.15, -0.1) is 0 Å². The Morgan fingerprint density at radius 2 is 1.65 bits per heavy atom. The normalized spacial score (nSPS) is 13.2. The minimum atomic E-state index is -3.95. The Labute approximate surface area is 235 Å². The predicted molar refractivity (Wildman–Crippen MR) is 150 cm³/mol. The Balaban J connectivity index is 1.76. The van der Waals surface area contributed by atoms with Crippen molar-refractivity contribution in [3.05, 3.63) is 95.5 Å². The fourth-order valence-electron chi connectivity index (χ4n) is 4.12. The van der Waals surface area contributed by atoms with Crippen LogP contribution in [-0.2, 0) is 27.8 Å². The maximum Gasteiger partial charge on any atom is 0.407 e. The highest BCUT2D eigenvalue weighted by Gasteiger charge is 2.31. The number of aryl methyl sites for hydroxylation is 1. The van der Waals surface area contributed by atoms with Gasteiger partial charge in [-0.1, -0.05) is 44.2 Å². The zero-order valence-corrected chi connectivity index (χ0v) is 23.8. The van der Waals surface area contributed by atoms with Crippen LogP contribution in [0.2, 0.25) is 0 Å². The average Bonchev–Trinajstić information content (AvgIpc) is 2.94. The van der Waals surface area contributed by atoms with Crippen molar-refractivity contribution in [3.63, 3.8) is 0 Å². The van der Waals surface area contributed by atoms with Gasteiger partial charge in [0.05, 0.1) is 24.2 Å². The Morgan fingerprint density at radius 3 is 2.25 bits per heavy atom. The van der Waals surface area contributed by atoms with Crippen LogP contribution in [0.4, 0.5) is 4.79 Å². The number of pyridine rings is 1. The lowest BCUT2D eigenvalue weighted by Gasteiger charge is -2.30. The highest BCUT2D eigenvalue weighted by molar-refractivity contribution is 7.89. The number of alkyl carbamates (subject to hydrolysis) is 1. The standard InChI is InChI=1S/C29H37N3O7S/c1-22(2)19-32(40(36,37)26-12-10-25(38-3)11-13-26)20-28(33)27(14-9-23-7-5-4-6-8-23)30-29(34)39-21-24-15-17-31(35)18-16-24/h4-8,10-13,15-18,22,27-28,33H,9,14,19-21H2,1-3H3,(H,30,34)/t27-,28+/m0/s1. The molecule has 1 heterocycles. The van der Waals surface area contributed by atoms with E-state index in [1.807, 2.05) is 44.2 Å². The van der Waals surface area contributed by atoms with Gasteiger partial charge in [-0.3, -0.25) is 0 Å². The number of ether oxygens (including phenoxy) is 2. The minimum Gasteiger partial charge on any atom is -0.619 e. The Bertz CT molecular complexity index is 1300. The lowest BCUT2D eigenvalue weighted by atomic mass is 10.0. The van der Waals surface area contributed by atoms with E-state index in [0.29, 0.717) is 28.9 Å². The number of rotatable bonds is 14. The number of hydrogen-bond donors (Lipinski definition) is 2. The molecule has 0 spiro atoms. The van der Waals surface area contributed by atoms with Crippen LogP contribution in [0.25, 0.3) is 0 Å². The molecule has 11 heteroatoms. The molecule has 1 amide bonds. The van der Waals surface area contributed by atoms with Crippen molar-refractivity contribution in [1.82, 2.24) is 9.62 Å². The van der Waals surface area contributed by atoms with Crippen molar-refractivity contribution in [1.29, 1.82) is 0 Å². The number of aliphatic hydroxyl groups is 1. The largest absolute Gasteiger partial charge is 0.619 e. The van der Waals surface area contributed by atoms with Crippen molar-refractivity contribution >= 4 is 16.1 Å². The molecule has 0 fully saturated rings. The lowest BCUT2D eigenvalue weighted by Crippen LogP contribution is -2.50. The summed E-state index contributed by atoms with van der Waals surface area (Å²) in [6.07, 6.45) is 1.51. The molecule has 0 aliphatic rings. The van der Waals surface area contributed by atoms with Crippen molar-refractivity contribution in [3.8, 4) is 5.75 Å². The first kappa shape index (κ1) is 30.9. The molecule has 40 heavy (non-hydrogen) atoms. The summed E-state index contributed by atoms with van der Waals surface area (Å²) in [6.45, 7) is 3.66. The number of aliphatic hydroxyl groups excluding tert-OH is 1. The van der Waals surface area contributed by atoms with Crippen LogP contribution >= 0.6 is 0 Å². The van der Waals surface area contributed by atoms with Gasteiger partial charge >= 0.3 is 6.09 Å². The second-order valence-corrected chi connectivity index (χ2v) is 11.8. The van der Waals surface area contributed by atoms with Gasteiger partial charge in [0, 0.05) is 30.8 Å². The van der Waals surface area contributed by atoms with Crippen LogP contribution in [0, 0.1) is 11.1 Å². The minimum absolute atomic E-state index is 0.0143. The summed E-state index contributed by atoms with van der Waals surface area (Å²) < 4.78 is 39.4. The third-order valence-corrected chi connectivity index (χ3v) is 8.10. The zero-order valence-electron chi connectivity index (χ0n) is 23.0. The number of sulfonamides is 1. The highest BCUT2D eigenvalue weighted by atomic mass is 32.2. The summed E-state index contributed by atoms with van der Waals surface area (Å²) in [5, 5.41) is 25.2. The molecule has 0 saturated carbocycles. The number of benzene rings is 2. The summed E-state index contributed by atoms with van der Waals surface area (Å²) >= 11 is 0. The molecule has 0 bridgehead atoms. The highest BCUT2D eigenvalue weighted by Crippen LogP contribution is 2.22. The van der Waals surface area contributed by atoms with E-state index >= 15 is 0 Å². The van der Waals surface area contributed by atoms with Crippen LogP contribution < -0.4 is 14.8 Å². The fourth-order valence-corrected chi connectivity index (χ4v) is 5.74. The number of carbonyl (C=O) groups excluding carboxylic acids is 1. The SMILES string of the molecule is COc1ccc(S(=O)(=O)N(CC(C)C)C[C@@H](O)[C@H](CCc2ccccc2)NC(=O)OCc2cc[n+]([O-])cc2)cc1. The fraction of sp³-hybridized carbons (Fsp3) is 0.379. The van der Waals surface area contributed by atoms with Crippen LogP contribution in [0.5, 0.6) is 5.75 Å². The number of nitrogens with zero attached hydrogens (tertiary/aromatic N) is 2. The third kappa shape index (κ3) is 9.22. The molecule has 3 rings (SSSR count). The van der Waals surface area contributed by atoms with Gasteiger partial charge < -0.3 is 25.1 Å². The van der Waals surface area contributed by atoms with E-state index in [9.17, 15) is 23.5 Å². The summed E-state index contributed by atoms with van der Waals surface area (Å²) in [5.41, 5.74) is 1.63. The van der Waals surface area contributed by atoms with Crippen LogP contribution in [0.15, 0.2) is 84.0 Å². The number of aromatic nitrogens is 1. The number of hydrogen-bond acceptors (Lipinski definition) is 7. The molecule has 2 aromatic carbocycles. The van der Waals surface area contributed by atoms with E-state index in [2.05, 4.69) is 5.32 Å². The number of methoxy groups -OCH3 is 1. The van der Waals surface area contributed by atoms with E-state index in [0.717, 1.165) is 5.56 Å². The van der Waals surface area contributed by atoms with Crippen LogP contribution in [0.1, 0.15) is 31.4 Å². The molecule has 0 saturated heterocycles. The lowest BCUT2D eigenvalue weighted by molar-refractivity contribution is -0.605. The van der Waals surface area contributed by atoms with Gasteiger partial charge in [-0.25, -0.2) is 13.2 Å². The molecule has 0 unspecified atom stereocenters. The first-order valence-corrected chi connectivity index (χ1v) is 14.5. The molecule has 0 radical (unpaired) electrons. The summed E-state index contributed by atoms with van der Waals surface area (Å²) in [4.78, 5) is 12.8. The number of carbonyl (C=O) groups is 1. The van der Waals surface area contributed by atoms with Crippen molar-refractivity contribution in [2.24, 2.45) is 5.92 Å². The zero-order chi connectivity index (χ0) is 29.1. The Morgan fingerprint density at radius 1 is 1.00 bits per heavy atom. The van der Waals surface area contributed by atoms with Gasteiger partial charge in [-0.2, -0.15) is 9.04 Å². The van der Waals surface area contributed by atoms with E-state index in [-0.39, 0.29) is 30.5 Å². The first-order chi connectivity index (χ1) is 19.1. The second kappa shape index (κ2) is 14.6. The van der Waals surface area contributed by atoms with Gasteiger partial charge in [0.15, 0.2) is 12.4 Å². The quantitative estimate of drug-likeness (QED) is 0.224. The first-order valence-electron chi connectivity index (χ1n) is 13.1.